The van der Waals surface area contributed by atoms with Crippen molar-refractivity contribution in [2.24, 2.45) is 0 Å². The molecule has 1 aromatic heterocycles. The molecule has 0 unspecified atom stereocenters. The largest absolute Gasteiger partial charge is 0.390 e. The van der Waals surface area contributed by atoms with Crippen LogP contribution in [0.1, 0.15) is 0 Å². The molecule has 0 aliphatic carbocycles. The summed E-state index contributed by atoms with van der Waals surface area (Å²) in [4.78, 5) is 15.0. The molecular formula is C16H23N5O2S. The van der Waals surface area contributed by atoms with Gasteiger partial charge < -0.3 is 20.6 Å². The molecule has 2 rings (SSSR count). The van der Waals surface area contributed by atoms with E-state index in [0.29, 0.717) is 18.8 Å². The average Bonchev–Trinajstić information content (AvgIpc) is 2.93. The number of aromatic nitrogens is 2. The summed E-state index contributed by atoms with van der Waals surface area (Å²) < 4.78 is 1.61. The summed E-state index contributed by atoms with van der Waals surface area (Å²) in [5.41, 5.74) is 1.30. The number of rotatable bonds is 7. The van der Waals surface area contributed by atoms with Crippen molar-refractivity contribution in [1.82, 2.24) is 14.7 Å². The van der Waals surface area contributed by atoms with E-state index in [9.17, 15) is 9.90 Å². The second kappa shape index (κ2) is 8.72. The zero-order valence-corrected chi connectivity index (χ0v) is 14.9. The number of hydrogen-bond donors (Lipinski definition) is 3. The molecule has 0 saturated carbocycles. The van der Waals surface area contributed by atoms with Crippen molar-refractivity contribution in [2.75, 3.05) is 37.5 Å². The first-order valence-electron chi connectivity index (χ1n) is 7.53. The van der Waals surface area contributed by atoms with Gasteiger partial charge in [-0.2, -0.15) is 5.10 Å². The van der Waals surface area contributed by atoms with Crippen LogP contribution < -0.4 is 10.6 Å². The van der Waals surface area contributed by atoms with Gasteiger partial charge in [0.25, 0.3) is 0 Å². The first-order chi connectivity index (χ1) is 11.5. The number of anilines is 2. The zero-order chi connectivity index (χ0) is 17.5. The van der Waals surface area contributed by atoms with Crippen molar-refractivity contribution < 1.29 is 9.90 Å². The number of aliphatic hydroxyl groups excluding tert-OH is 1. The smallest absolute Gasteiger partial charge is 0.323 e. The average molecular weight is 349 g/mol. The van der Waals surface area contributed by atoms with E-state index in [0.717, 1.165) is 10.6 Å². The van der Waals surface area contributed by atoms with Crippen LogP contribution in [0.15, 0.2) is 41.6 Å². The maximum Gasteiger partial charge on any atom is 0.323 e. The number of hydrogen-bond acceptors (Lipinski definition) is 5. The van der Waals surface area contributed by atoms with Gasteiger partial charge in [-0.1, -0.05) is 6.07 Å². The number of thioether (sulfide) groups is 1. The molecule has 0 radical (unpaired) electrons. The highest BCUT2D eigenvalue weighted by molar-refractivity contribution is 7.98. The highest BCUT2D eigenvalue weighted by Gasteiger charge is 2.09. The molecule has 0 bridgehead atoms. The number of carbonyl (C=O) groups is 1. The van der Waals surface area contributed by atoms with Gasteiger partial charge in [-0.25, -0.2) is 4.79 Å². The molecule has 7 nitrogen and oxygen atoms in total. The van der Waals surface area contributed by atoms with Crippen molar-refractivity contribution in [3.8, 4) is 0 Å². The normalized spacial score (nSPS) is 12.2. The number of nitrogens with one attached hydrogen (secondary N) is 2. The molecule has 0 spiro atoms. The minimum Gasteiger partial charge on any atom is -0.390 e. The lowest BCUT2D eigenvalue weighted by Gasteiger charge is -2.15. The molecule has 0 saturated heterocycles. The van der Waals surface area contributed by atoms with E-state index >= 15 is 0 Å². The fraction of sp³-hybridized carbons (Fsp3) is 0.375. The van der Waals surface area contributed by atoms with Crippen molar-refractivity contribution in [3.63, 3.8) is 0 Å². The van der Waals surface area contributed by atoms with Crippen LogP contribution in [0, 0.1) is 0 Å². The van der Waals surface area contributed by atoms with Gasteiger partial charge in [0.2, 0.25) is 0 Å². The van der Waals surface area contributed by atoms with Crippen LogP contribution in [-0.4, -0.2) is 58.8 Å². The Hall–Kier alpha value is -2.03. The Morgan fingerprint density at radius 3 is 2.83 bits per heavy atom. The Balaban J connectivity index is 1.88. The van der Waals surface area contributed by atoms with Crippen LogP contribution in [0.3, 0.4) is 0 Å². The van der Waals surface area contributed by atoms with Crippen molar-refractivity contribution in [3.05, 3.63) is 36.7 Å². The van der Waals surface area contributed by atoms with Gasteiger partial charge in [0.1, 0.15) is 0 Å². The SMILES string of the molecule is CSc1cccc(NC(=O)Nc2cnn(C[C@H](O)CN(C)C)c2)c1. The molecule has 2 amide bonds. The minimum atomic E-state index is -0.518. The number of carbonyl (C=O) groups excluding carboxylic acids is 1. The van der Waals surface area contributed by atoms with E-state index in [1.165, 1.54) is 0 Å². The molecule has 1 heterocycles. The monoisotopic (exact) mass is 349 g/mol. The summed E-state index contributed by atoms with van der Waals surface area (Å²) in [6.45, 7) is 0.923. The highest BCUT2D eigenvalue weighted by atomic mass is 32.2. The third kappa shape index (κ3) is 5.88. The highest BCUT2D eigenvalue weighted by Crippen LogP contribution is 2.19. The van der Waals surface area contributed by atoms with Crippen LogP contribution >= 0.6 is 11.8 Å². The predicted molar refractivity (Wildman–Crippen MR) is 97.7 cm³/mol. The minimum absolute atomic E-state index is 0.332. The van der Waals surface area contributed by atoms with E-state index in [1.807, 2.05) is 49.5 Å². The number of nitrogens with zero attached hydrogens (tertiary/aromatic N) is 3. The van der Waals surface area contributed by atoms with E-state index in [1.54, 1.807) is 28.8 Å². The topological polar surface area (TPSA) is 82.4 Å². The van der Waals surface area contributed by atoms with Gasteiger partial charge in [0.05, 0.1) is 24.5 Å². The first kappa shape index (κ1) is 18.3. The van der Waals surface area contributed by atoms with Gasteiger partial charge in [0.15, 0.2) is 0 Å². The third-order valence-corrected chi connectivity index (χ3v) is 3.92. The zero-order valence-electron chi connectivity index (χ0n) is 14.1. The fourth-order valence-corrected chi connectivity index (χ4v) is 2.68. The molecule has 0 aliphatic heterocycles. The first-order valence-corrected chi connectivity index (χ1v) is 8.76. The molecule has 0 aliphatic rings. The van der Waals surface area contributed by atoms with Crippen LogP contribution in [0.4, 0.5) is 16.2 Å². The van der Waals surface area contributed by atoms with Crippen LogP contribution in [-0.2, 0) is 6.54 Å². The Labute approximate surface area is 146 Å². The van der Waals surface area contributed by atoms with E-state index in [4.69, 9.17) is 0 Å². The maximum atomic E-state index is 12.0. The van der Waals surface area contributed by atoms with Gasteiger partial charge in [-0.3, -0.25) is 4.68 Å². The molecular weight excluding hydrogens is 326 g/mol. The molecule has 8 heteroatoms. The molecule has 130 valence electrons. The summed E-state index contributed by atoms with van der Waals surface area (Å²) in [5.74, 6) is 0. The third-order valence-electron chi connectivity index (χ3n) is 3.19. The number of aliphatic hydroxyl groups is 1. The van der Waals surface area contributed by atoms with Gasteiger partial charge in [-0.15, -0.1) is 11.8 Å². The Morgan fingerprint density at radius 2 is 2.12 bits per heavy atom. The summed E-state index contributed by atoms with van der Waals surface area (Å²) in [6, 6.07) is 7.29. The Kier molecular flexibility index (Phi) is 6.65. The number of amides is 2. The molecule has 1 aromatic carbocycles. The van der Waals surface area contributed by atoms with Gasteiger partial charge in [-0.05, 0) is 38.6 Å². The van der Waals surface area contributed by atoms with Gasteiger partial charge in [0, 0.05) is 23.3 Å². The van der Waals surface area contributed by atoms with Crippen molar-refractivity contribution in [1.29, 1.82) is 0 Å². The number of benzene rings is 1. The Bertz CT molecular complexity index is 674. The lowest BCUT2D eigenvalue weighted by molar-refractivity contribution is 0.116. The van der Waals surface area contributed by atoms with Crippen LogP contribution in [0.2, 0.25) is 0 Å². The molecule has 0 fully saturated rings. The molecule has 1 atom stereocenters. The van der Waals surface area contributed by atoms with Crippen LogP contribution in [0.5, 0.6) is 0 Å². The predicted octanol–water partition coefficient (Wildman–Crippen LogP) is 2.17. The number of likely N-dealkylation sites (N-methyl/N-ethyl adjacent to an activating group) is 1. The second-order valence-electron chi connectivity index (χ2n) is 5.68. The van der Waals surface area contributed by atoms with E-state index in [-0.39, 0.29) is 6.03 Å². The lowest BCUT2D eigenvalue weighted by atomic mass is 10.3. The number of urea groups is 1. The van der Waals surface area contributed by atoms with Gasteiger partial charge >= 0.3 is 6.03 Å². The second-order valence-corrected chi connectivity index (χ2v) is 6.56. The van der Waals surface area contributed by atoms with E-state index < -0.39 is 6.10 Å². The van der Waals surface area contributed by atoms with E-state index in [2.05, 4.69) is 15.7 Å². The lowest BCUT2D eigenvalue weighted by Crippen LogP contribution is -2.29. The molecule has 24 heavy (non-hydrogen) atoms. The molecule has 3 N–H and O–H groups in total. The Morgan fingerprint density at radius 1 is 1.38 bits per heavy atom. The standard InChI is InChI=1S/C16H23N5O2S/c1-20(2)10-14(22)11-21-9-13(8-17-21)19-16(23)18-12-5-4-6-15(7-12)24-3/h4-9,14,22H,10-11H2,1-3H3,(H2,18,19,23)/t14-/m1/s1. The quantitative estimate of drug-likeness (QED) is 0.668. The summed E-state index contributed by atoms with van der Waals surface area (Å²) in [7, 11) is 3.80. The van der Waals surface area contributed by atoms with Crippen molar-refractivity contribution in [2.45, 2.75) is 17.5 Å². The summed E-state index contributed by atoms with van der Waals surface area (Å²) in [5, 5.41) is 19.6. The summed E-state index contributed by atoms with van der Waals surface area (Å²) in [6.07, 6.45) is 4.71. The summed E-state index contributed by atoms with van der Waals surface area (Å²) >= 11 is 1.61. The van der Waals surface area contributed by atoms with Crippen LogP contribution in [0.25, 0.3) is 0 Å². The van der Waals surface area contributed by atoms with Crippen molar-refractivity contribution >= 4 is 29.2 Å². The molecule has 2 aromatic rings. The fourth-order valence-electron chi connectivity index (χ4n) is 2.22. The maximum absolute atomic E-state index is 12.0.